The second-order valence-electron chi connectivity index (χ2n) is 6.43. The zero-order valence-corrected chi connectivity index (χ0v) is 15.8. The molecule has 2 aromatic carbocycles. The largest absolute Gasteiger partial charge is 0.383 e. The van der Waals surface area contributed by atoms with E-state index >= 15 is 0 Å². The zero-order chi connectivity index (χ0) is 19.3. The van der Waals surface area contributed by atoms with Crippen molar-refractivity contribution in [2.75, 3.05) is 17.2 Å². The maximum absolute atomic E-state index is 12.2. The van der Waals surface area contributed by atoms with Crippen LogP contribution in [-0.2, 0) is 6.42 Å². The predicted molar refractivity (Wildman–Crippen MR) is 114 cm³/mol. The summed E-state index contributed by atoms with van der Waals surface area (Å²) < 4.78 is 0. The maximum Gasteiger partial charge on any atom is 0.256 e. The Labute approximate surface area is 167 Å². The van der Waals surface area contributed by atoms with Crippen LogP contribution in [0.15, 0.2) is 73.1 Å². The normalized spacial score (nSPS) is 10.8. The molecule has 0 unspecified atom stereocenters. The minimum Gasteiger partial charge on any atom is -0.383 e. The molecule has 1 amide bonds. The van der Waals surface area contributed by atoms with Crippen LogP contribution in [0.5, 0.6) is 0 Å². The molecular weight excluding hydrogens is 372 g/mol. The molecule has 4 aromatic rings. The Morgan fingerprint density at radius 2 is 1.86 bits per heavy atom. The van der Waals surface area contributed by atoms with Gasteiger partial charge in [-0.15, -0.1) is 0 Å². The number of fused-ring (bicyclic) bond motifs is 1. The fourth-order valence-corrected chi connectivity index (χ4v) is 3.17. The lowest BCUT2D eigenvalue weighted by atomic mass is 10.1. The molecule has 0 aliphatic heterocycles. The smallest absolute Gasteiger partial charge is 0.256 e. The monoisotopic (exact) mass is 390 g/mol. The average molecular weight is 391 g/mol. The van der Waals surface area contributed by atoms with Crippen LogP contribution in [0.1, 0.15) is 15.9 Å². The number of carbonyl (C=O) groups excluding carboxylic acids is 1. The number of aromatic nitrogens is 2. The van der Waals surface area contributed by atoms with Gasteiger partial charge in [-0.1, -0.05) is 29.8 Å². The highest BCUT2D eigenvalue weighted by Crippen LogP contribution is 2.18. The van der Waals surface area contributed by atoms with E-state index in [1.165, 1.54) is 10.9 Å². The van der Waals surface area contributed by atoms with Crippen LogP contribution >= 0.6 is 11.6 Å². The van der Waals surface area contributed by atoms with Crippen molar-refractivity contribution in [2.24, 2.45) is 0 Å². The number of hydrogen-bond donors (Lipinski definition) is 3. The number of nitrogens with zero attached hydrogens (tertiary/aromatic N) is 1. The van der Waals surface area contributed by atoms with E-state index in [0.717, 1.165) is 24.2 Å². The van der Waals surface area contributed by atoms with Crippen molar-refractivity contribution >= 4 is 39.9 Å². The summed E-state index contributed by atoms with van der Waals surface area (Å²) in [6, 6.07) is 18.7. The fraction of sp³-hybridized carbons (Fsp3) is 0.0909. The van der Waals surface area contributed by atoms with Gasteiger partial charge < -0.3 is 15.6 Å². The molecule has 2 heterocycles. The van der Waals surface area contributed by atoms with Crippen molar-refractivity contribution in [3.63, 3.8) is 0 Å². The minimum absolute atomic E-state index is 0.218. The first-order valence-electron chi connectivity index (χ1n) is 9.01. The summed E-state index contributed by atoms with van der Waals surface area (Å²) in [5, 5.41) is 7.99. The lowest BCUT2D eigenvalue weighted by molar-refractivity contribution is 0.102. The van der Waals surface area contributed by atoms with Crippen LogP contribution < -0.4 is 10.6 Å². The van der Waals surface area contributed by atoms with Gasteiger partial charge in [-0.2, -0.15) is 0 Å². The topological polar surface area (TPSA) is 69.8 Å². The molecule has 0 radical (unpaired) electrons. The molecule has 0 aliphatic rings. The third kappa shape index (κ3) is 4.15. The molecule has 0 saturated carbocycles. The molecule has 0 aliphatic carbocycles. The quantitative estimate of drug-likeness (QED) is 0.427. The standard InChI is InChI=1S/C22H19ClN4O/c23-17-7-5-15(6-8-17)22(28)27-21-10-9-18(14-26-21)24-12-11-16-13-25-20-4-2-1-3-19(16)20/h1-10,13-14,24-25H,11-12H2,(H,26,27,28). The molecular formula is C22H19ClN4O. The number of H-pyrrole nitrogens is 1. The van der Waals surface area contributed by atoms with Crippen LogP contribution in [-0.4, -0.2) is 22.4 Å². The highest BCUT2D eigenvalue weighted by atomic mass is 35.5. The number of benzene rings is 2. The Balaban J connectivity index is 1.32. The van der Waals surface area contributed by atoms with E-state index in [2.05, 4.69) is 38.9 Å². The lowest BCUT2D eigenvalue weighted by Crippen LogP contribution is -2.13. The number of para-hydroxylation sites is 1. The highest BCUT2D eigenvalue weighted by molar-refractivity contribution is 6.30. The Hall–Kier alpha value is -3.31. The van der Waals surface area contributed by atoms with Crippen LogP contribution in [0.4, 0.5) is 11.5 Å². The van der Waals surface area contributed by atoms with E-state index in [-0.39, 0.29) is 5.91 Å². The lowest BCUT2D eigenvalue weighted by Gasteiger charge is -2.08. The maximum atomic E-state index is 12.2. The molecule has 0 spiro atoms. The fourth-order valence-electron chi connectivity index (χ4n) is 3.04. The molecule has 3 N–H and O–H groups in total. The van der Waals surface area contributed by atoms with Crippen LogP contribution in [0.3, 0.4) is 0 Å². The summed E-state index contributed by atoms with van der Waals surface area (Å²) in [6.45, 7) is 0.792. The molecule has 0 saturated heterocycles. The van der Waals surface area contributed by atoms with Crippen molar-refractivity contribution < 1.29 is 4.79 Å². The summed E-state index contributed by atoms with van der Waals surface area (Å²) >= 11 is 5.84. The first-order valence-corrected chi connectivity index (χ1v) is 9.39. The van der Waals surface area contributed by atoms with Crippen molar-refractivity contribution in [1.82, 2.24) is 9.97 Å². The van der Waals surface area contributed by atoms with Crippen LogP contribution in [0, 0.1) is 0 Å². The second-order valence-corrected chi connectivity index (χ2v) is 6.87. The molecule has 6 heteroatoms. The van der Waals surface area contributed by atoms with Gasteiger partial charge in [-0.25, -0.2) is 4.98 Å². The Morgan fingerprint density at radius 1 is 1.04 bits per heavy atom. The molecule has 0 bridgehead atoms. The number of carbonyl (C=O) groups is 1. The van der Waals surface area contributed by atoms with Gasteiger partial charge in [-0.05, 0) is 54.4 Å². The summed E-state index contributed by atoms with van der Waals surface area (Å²) in [5.74, 6) is 0.284. The van der Waals surface area contributed by atoms with Crippen molar-refractivity contribution in [1.29, 1.82) is 0 Å². The molecule has 5 nitrogen and oxygen atoms in total. The molecule has 140 valence electrons. The number of pyridine rings is 1. The summed E-state index contributed by atoms with van der Waals surface area (Å²) in [5.41, 5.74) is 3.87. The highest BCUT2D eigenvalue weighted by Gasteiger charge is 2.07. The van der Waals surface area contributed by atoms with E-state index in [4.69, 9.17) is 11.6 Å². The number of aromatic amines is 1. The van der Waals surface area contributed by atoms with E-state index in [0.29, 0.717) is 16.4 Å². The number of amides is 1. The molecule has 4 rings (SSSR count). The second kappa shape index (κ2) is 8.15. The first kappa shape index (κ1) is 18.1. The van der Waals surface area contributed by atoms with Crippen LogP contribution in [0.2, 0.25) is 5.02 Å². The van der Waals surface area contributed by atoms with E-state index in [9.17, 15) is 4.79 Å². The van der Waals surface area contributed by atoms with E-state index in [1.807, 2.05) is 18.2 Å². The number of anilines is 2. The number of halogens is 1. The van der Waals surface area contributed by atoms with Gasteiger partial charge >= 0.3 is 0 Å². The molecule has 0 fully saturated rings. The van der Waals surface area contributed by atoms with Gasteiger partial charge in [0.05, 0.1) is 11.9 Å². The van der Waals surface area contributed by atoms with Crippen molar-refractivity contribution in [3.8, 4) is 0 Å². The first-order chi connectivity index (χ1) is 13.7. The molecule has 28 heavy (non-hydrogen) atoms. The number of rotatable bonds is 6. The van der Waals surface area contributed by atoms with Crippen molar-refractivity contribution in [2.45, 2.75) is 6.42 Å². The van der Waals surface area contributed by atoms with Gasteiger partial charge in [0.1, 0.15) is 5.82 Å². The molecule has 2 aromatic heterocycles. The number of hydrogen-bond acceptors (Lipinski definition) is 3. The Bertz CT molecular complexity index is 1090. The van der Waals surface area contributed by atoms with Gasteiger partial charge in [0.15, 0.2) is 0 Å². The molecule has 0 atom stereocenters. The Kier molecular flexibility index (Phi) is 5.26. The van der Waals surface area contributed by atoms with E-state index in [1.54, 1.807) is 36.5 Å². The van der Waals surface area contributed by atoms with Crippen molar-refractivity contribution in [3.05, 3.63) is 89.2 Å². The Morgan fingerprint density at radius 3 is 2.64 bits per heavy atom. The van der Waals surface area contributed by atoms with E-state index < -0.39 is 0 Å². The van der Waals surface area contributed by atoms with Gasteiger partial charge in [0, 0.05) is 34.2 Å². The van der Waals surface area contributed by atoms with Crippen LogP contribution in [0.25, 0.3) is 10.9 Å². The summed E-state index contributed by atoms with van der Waals surface area (Å²) in [4.78, 5) is 19.8. The predicted octanol–water partition coefficient (Wildman–Crippen LogP) is 5.12. The third-order valence-electron chi connectivity index (χ3n) is 4.51. The summed E-state index contributed by atoms with van der Waals surface area (Å²) in [6.07, 6.45) is 4.67. The number of nitrogens with one attached hydrogen (secondary N) is 3. The van der Waals surface area contributed by atoms with Gasteiger partial charge in [-0.3, -0.25) is 4.79 Å². The summed E-state index contributed by atoms with van der Waals surface area (Å²) in [7, 11) is 0. The SMILES string of the molecule is O=C(Nc1ccc(NCCc2c[nH]c3ccccc23)cn1)c1ccc(Cl)cc1. The minimum atomic E-state index is -0.218. The van der Waals surface area contributed by atoms with Gasteiger partial charge in [0.2, 0.25) is 0 Å². The third-order valence-corrected chi connectivity index (χ3v) is 4.76. The van der Waals surface area contributed by atoms with Gasteiger partial charge in [0.25, 0.3) is 5.91 Å². The average Bonchev–Trinajstić information content (AvgIpc) is 3.13. The zero-order valence-electron chi connectivity index (χ0n) is 15.1.